The van der Waals surface area contributed by atoms with Crippen molar-refractivity contribution in [1.82, 2.24) is 0 Å². The van der Waals surface area contributed by atoms with E-state index < -0.39 is 6.10 Å². The number of rotatable bonds is 40. The molecule has 0 saturated carbocycles. The number of carbonyl (C=O) groups excluding carboxylic acids is 3. The van der Waals surface area contributed by atoms with Gasteiger partial charge in [0.25, 0.3) is 0 Å². The van der Waals surface area contributed by atoms with Gasteiger partial charge in [0.2, 0.25) is 0 Å². The van der Waals surface area contributed by atoms with Crippen LogP contribution in [0.2, 0.25) is 0 Å². The van der Waals surface area contributed by atoms with Crippen LogP contribution in [0.15, 0.2) is 60.8 Å². The van der Waals surface area contributed by atoms with Gasteiger partial charge in [-0.15, -0.1) is 0 Å². The molecule has 0 aromatic carbocycles. The molecule has 0 rings (SSSR count). The van der Waals surface area contributed by atoms with Gasteiger partial charge in [-0.1, -0.05) is 191 Å². The van der Waals surface area contributed by atoms with E-state index in [0.717, 1.165) is 96.3 Å². The summed E-state index contributed by atoms with van der Waals surface area (Å²) >= 11 is 0. The molecule has 1 unspecified atom stereocenters. The molecule has 6 nitrogen and oxygen atoms in total. The molecular weight excluding hydrogens is 685 g/mol. The lowest BCUT2D eigenvalue weighted by molar-refractivity contribution is -0.167. The van der Waals surface area contributed by atoms with Crippen molar-refractivity contribution in [2.24, 2.45) is 0 Å². The normalized spacial score (nSPS) is 12.6. The second-order valence-electron chi connectivity index (χ2n) is 14.9. The molecule has 0 spiro atoms. The molecule has 55 heavy (non-hydrogen) atoms. The Morgan fingerprint density at radius 1 is 0.382 bits per heavy atom. The summed E-state index contributed by atoms with van der Waals surface area (Å²) in [4.78, 5) is 37.3. The number of unbranched alkanes of at least 4 members (excludes halogenated alkanes) is 19. The van der Waals surface area contributed by atoms with E-state index in [1.54, 1.807) is 0 Å². The minimum atomic E-state index is -0.767. The van der Waals surface area contributed by atoms with E-state index in [1.807, 2.05) is 0 Å². The quantitative estimate of drug-likeness (QED) is 0.0267. The summed E-state index contributed by atoms with van der Waals surface area (Å²) in [5.41, 5.74) is 0. The molecule has 0 bridgehead atoms. The average Bonchev–Trinajstić information content (AvgIpc) is 3.18. The molecule has 0 saturated heterocycles. The van der Waals surface area contributed by atoms with Crippen LogP contribution in [0.4, 0.5) is 0 Å². The van der Waals surface area contributed by atoms with Crippen LogP contribution in [0.5, 0.6) is 0 Å². The molecule has 0 aromatic rings. The third-order valence-electron chi connectivity index (χ3n) is 9.54. The Morgan fingerprint density at radius 2 is 0.709 bits per heavy atom. The van der Waals surface area contributed by atoms with E-state index in [4.69, 9.17) is 14.2 Å². The minimum absolute atomic E-state index is 0.0758. The number of allylic oxidation sites excluding steroid dienone is 10. The van der Waals surface area contributed by atoms with Gasteiger partial charge in [0.15, 0.2) is 6.10 Å². The molecule has 0 aliphatic carbocycles. The highest BCUT2D eigenvalue weighted by atomic mass is 16.6. The highest BCUT2D eigenvalue weighted by Gasteiger charge is 2.19. The fraction of sp³-hybridized carbons (Fsp3) is 0.735. The Labute approximate surface area is 339 Å². The molecule has 0 N–H and O–H groups in total. The lowest BCUT2D eigenvalue weighted by atomic mass is 10.1. The van der Waals surface area contributed by atoms with Crippen molar-refractivity contribution in [2.75, 3.05) is 13.2 Å². The number of esters is 3. The third-order valence-corrected chi connectivity index (χ3v) is 9.54. The zero-order valence-electron chi connectivity index (χ0n) is 35.9. The Kier molecular flexibility index (Phi) is 41.5. The first-order chi connectivity index (χ1) is 27.0. The van der Waals surface area contributed by atoms with Gasteiger partial charge < -0.3 is 14.2 Å². The van der Waals surface area contributed by atoms with Gasteiger partial charge in [-0.2, -0.15) is 0 Å². The monoisotopic (exact) mass is 769 g/mol. The molecule has 0 aliphatic heterocycles. The molecule has 0 fully saturated rings. The smallest absolute Gasteiger partial charge is 0.306 e. The fourth-order valence-electron chi connectivity index (χ4n) is 6.11. The molecule has 0 heterocycles. The summed E-state index contributed by atoms with van der Waals surface area (Å²) in [6.07, 6.45) is 52.6. The lowest BCUT2D eigenvalue weighted by Crippen LogP contribution is -2.30. The molecule has 0 aliphatic rings. The predicted molar refractivity (Wildman–Crippen MR) is 233 cm³/mol. The fourth-order valence-corrected chi connectivity index (χ4v) is 6.11. The summed E-state index contributed by atoms with van der Waals surface area (Å²) in [5, 5.41) is 0. The van der Waals surface area contributed by atoms with Crippen LogP contribution in [0.1, 0.15) is 213 Å². The van der Waals surface area contributed by atoms with E-state index in [9.17, 15) is 14.4 Å². The first kappa shape index (κ1) is 52.1. The third kappa shape index (κ3) is 42.1. The van der Waals surface area contributed by atoms with E-state index in [1.165, 1.54) is 77.0 Å². The zero-order valence-corrected chi connectivity index (χ0v) is 35.9. The maximum Gasteiger partial charge on any atom is 0.306 e. The molecule has 1 atom stereocenters. The van der Waals surface area contributed by atoms with Crippen LogP contribution in [-0.4, -0.2) is 37.2 Å². The van der Waals surface area contributed by atoms with Crippen molar-refractivity contribution in [1.29, 1.82) is 0 Å². The number of carbonyl (C=O) groups is 3. The molecular formula is C49H84O6. The van der Waals surface area contributed by atoms with Crippen molar-refractivity contribution in [2.45, 2.75) is 219 Å². The highest BCUT2D eigenvalue weighted by molar-refractivity contribution is 5.71. The van der Waals surface area contributed by atoms with Gasteiger partial charge in [-0.05, 0) is 64.2 Å². The standard InChI is InChI=1S/C49H84O6/c1-4-7-10-13-16-17-18-19-20-21-22-23-24-25-26-27-28-29-30-31-32-33-34-37-39-42-48(51)54-45-46(55-49(52)43-40-36-15-12-9-6-3)44-53-47(50)41-38-35-14-11-8-5-2/h7,10,16-17,19-20,22-23,25-26,46H,4-6,8-9,11-15,18,21,24,27-45H2,1-3H3/b10-7-,17-16-,20-19-,23-22-,26-25-. The maximum absolute atomic E-state index is 12.5. The van der Waals surface area contributed by atoms with Gasteiger partial charge in [-0.25, -0.2) is 0 Å². The maximum atomic E-state index is 12.5. The summed E-state index contributed by atoms with van der Waals surface area (Å²) in [7, 11) is 0. The number of ether oxygens (including phenoxy) is 3. The summed E-state index contributed by atoms with van der Waals surface area (Å²) < 4.78 is 16.5. The average molecular weight is 769 g/mol. The topological polar surface area (TPSA) is 78.9 Å². The van der Waals surface area contributed by atoms with Gasteiger partial charge in [-0.3, -0.25) is 14.4 Å². The summed E-state index contributed by atoms with van der Waals surface area (Å²) in [6, 6.07) is 0. The SMILES string of the molecule is CC/C=C\C/C=C\C/C=C\C/C=C\C/C=C\CCCCCCCCCCCC(=O)OCC(COC(=O)CCCCCCCC)OC(=O)CCCCCCCC. The molecule has 0 radical (unpaired) electrons. The van der Waals surface area contributed by atoms with Crippen LogP contribution in [0.25, 0.3) is 0 Å². The van der Waals surface area contributed by atoms with Crippen LogP contribution >= 0.6 is 0 Å². The van der Waals surface area contributed by atoms with Crippen molar-refractivity contribution in [3.8, 4) is 0 Å². The van der Waals surface area contributed by atoms with Crippen LogP contribution < -0.4 is 0 Å². The Balaban J connectivity index is 4.03. The van der Waals surface area contributed by atoms with Crippen molar-refractivity contribution in [3.05, 3.63) is 60.8 Å². The Bertz CT molecular complexity index is 1020. The van der Waals surface area contributed by atoms with Crippen LogP contribution in [0.3, 0.4) is 0 Å². The van der Waals surface area contributed by atoms with Gasteiger partial charge in [0.1, 0.15) is 13.2 Å². The molecule has 316 valence electrons. The minimum Gasteiger partial charge on any atom is -0.462 e. The van der Waals surface area contributed by atoms with E-state index >= 15 is 0 Å². The molecule has 6 heteroatoms. The Morgan fingerprint density at radius 3 is 1.11 bits per heavy atom. The molecule has 0 aromatic heterocycles. The largest absolute Gasteiger partial charge is 0.462 e. The molecule has 0 amide bonds. The van der Waals surface area contributed by atoms with Gasteiger partial charge in [0.05, 0.1) is 0 Å². The Hall–Kier alpha value is -2.89. The van der Waals surface area contributed by atoms with Gasteiger partial charge >= 0.3 is 17.9 Å². The summed E-state index contributed by atoms with van der Waals surface area (Å²) in [5.74, 6) is -0.906. The van der Waals surface area contributed by atoms with Crippen molar-refractivity contribution in [3.63, 3.8) is 0 Å². The first-order valence-corrected chi connectivity index (χ1v) is 22.8. The van der Waals surface area contributed by atoms with Crippen molar-refractivity contribution >= 4 is 17.9 Å². The van der Waals surface area contributed by atoms with E-state index in [0.29, 0.717) is 19.3 Å². The summed E-state index contributed by atoms with van der Waals surface area (Å²) in [6.45, 7) is 6.38. The number of hydrogen-bond donors (Lipinski definition) is 0. The van der Waals surface area contributed by atoms with Crippen molar-refractivity contribution < 1.29 is 28.6 Å². The van der Waals surface area contributed by atoms with Gasteiger partial charge in [0, 0.05) is 19.3 Å². The second-order valence-corrected chi connectivity index (χ2v) is 14.9. The first-order valence-electron chi connectivity index (χ1n) is 22.8. The number of hydrogen-bond acceptors (Lipinski definition) is 6. The van der Waals surface area contributed by atoms with E-state index in [-0.39, 0.29) is 31.1 Å². The highest BCUT2D eigenvalue weighted by Crippen LogP contribution is 2.14. The van der Waals surface area contributed by atoms with Crippen LogP contribution in [0, 0.1) is 0 Å². The predicted octanol–water partition coefficient (Wildman–Crippen LogP) is 14.5. The van der Waals surface area contributed by atoms with E-state index in [2.05, 4.69) is 81.5 Å². The van der Waals surface area contributed by atoms with Crippen LogP contribution in [-0.2, 0) is 28.6 Å². The zero-order chi connectivity index (χ0) is 40.1. The lowest BCUT2D eigenvalue weighted by Gasteiger charge is -2.18. The second kappa shape index (κ2) is 43.8.